The second kappa shape index (κ2) is 14.3. The van der Waals surface area contributed by atoms with Crippen LogP contribution < -0.4 is 20.1 Å². The molecule has 0 bridgehead atoms. The molecule has 0 unspecified atom stereocenters. The smallest absolute Gasteiger partial charge is 0.253 e. The van der Waals surface area contributed by atoms with Crippen molar-refractivity contribution in [3.05, 3.63) is 90.3 Å². The van der Waals surface area contributed by atoms with Crippen LogP contribution in [0, 0.1) is 5.92 Å². The number of carbonyl (C=O) groups is 2. The lowest BCUT2D eigenvalue weighted by atomic mass is 10.0. The number of hydrogen-bond donors (Lipinski definition) is 3. The second-order valence-electron chi connectivity index (χ2n) is 9.74. The molecule has 3 rings (SSSR count). The molecule has 0 aliphatic rings. The molecule has 0 spiro atoms. The highest BCUT2D eigenvalue weighted by Crippen LogP contribution is 2.17. The highest BCUT2D eigenvalue weighted by Gasteiger charge is 2.27. The summed E-state index contributed by atoms with van der Waals surface area (Å²) >= 11 is 0. The van der Waals surface area contributed by atoms with Gasteiger partial charge in [-0.2, -0.15) is 0 Å². The quantitative estimate of drug-likeness (QED) is 0.279. The van der Waals surface area contributed by atoms with Gasteiger partial charge in [0.2, 0.25) is 15.9 Å². The number of nitrogens with one attached hydrogen (secondary N) is 3. The molecule has 39 heavy (non-hydrogen) atoms. The molecule has 0 saturated heterocycles. The third-order valence-electron chi connectivity index (χ3n) is 6.01. The Kier molecular flexibility index (Phi) is 10.9. The van der Waals surface area contributed by atoms with Crippen molar-refractivity contribution in [1.82, 2.24) is 15.6 Å². The maximum atomic E-state index is 13.4. The Labute approximate surface area is 230 Å². The van der Waals surface area contributed by atoms with Gasteiger partial charge < -0.3 is 15.4 Å². The number of aromatic nitrogens is 1. The fourth-order valence-corrected chi connectivity index (χ4v) is 5.43. The average Bonchev–Trinajstić information content (AvgIpc) is 2.92. The van der Waals surface area contributed by atoms with E-state index in [2.05, 4.69) is 20.3 Å². The minimum Gasteiger partial charge on any atom is -0.497 e. The molecule has 3 aromatic rings. The molecule has 1 heterocycles. The Balaban J connectivity index is 1.75. The Morgan fingerprint density at radius 1 is 0.949 bits per heavy atom. The predicted octanol–water partition coefficient (Wildman–Crippen LogP) is 3.79. The number of carbonyl (C=O) groups excluding carboxylic acids is 2. The molecule has 0 fully saturated rings. The first kappa shape index (κ1) is 29.6. The minimum atomic E-state index is -3.82. The molecule has 0 radical (unpaired) electrons. The Bertz CT molecular complexity index is 1300. The third kappa shape index (κ3) is 10.0. The monoisotopic (exact) mass is 552 g/mol. The van der Waals surface area contributed by atoms with Crippen LogP contribution in [0.3, 0.4) is 0 Å². The van der Waals surface area contributed by atoms with Gasteiger partial charge in [0.05, 0.1) is 18.4 Å². The molecule has 2 aromatic carbocycles. The summed E-state index contributed by atoms with van der Waals surface area (Å²) < 4.78 is 33.9. The normalized spacial score (nSPS) is 12.8. The average molecular weight is 553 g/mol. The summed E-state index contributed by atoms with van der Waals surface area (Å²) in [5.74, 6) is -0.464. The SMILES string of the molecule is COc1ccc(NS(=O)(=O)C[C@H](CCc2ccccc2)NC(=O)[C@H](CC(C)C)NC(=O)c2cccnc2)cc1. The van der Waals surface area contributed by atoms with Gasteiger partial charge in [0.15, 0.2) is 0 Å². The molecule has 0 saturated carbocycles. The maximum absolute atomic E-state index is 13.4. The lowest BCUT2D eigenvalue weighted by Crippen LogP contribution is -2.52. The summed E-state index contributed by atoms with van der Waals surface area (Å²) in [6.07, 6.45) is 4.34. The van der Waals surface area contributed by atoms with Crippen LogP contribution in [0.25, 0.3) is 0 Å². The number of pyridine rings is 1. The highest BCUT2D eigenvalue weighted by atomic mass is 32.2. The van der Waals surface area contributed by atoms with E-state index in [0.717, 1.165) is 5.56 Å². The van der Waals surface area contributed by atoms with Gasteiger partial charge in [-0.15, -0.1) is 0 Å². The lowest BCUT2D eigenvalue weighted by molar-refractivity contribution is -0.124. The molecule has 9 nitrogen and oxygen atoms in total. The fourth-order valence-electron chi connectivity index (χ4n) is 4.07. The first-order chi connectivity index (χ1) is 18.6. The molecular formula is C29H36N4O5S. The Morgan fingerprint density at radius 3 is 2.28 bits per heavy atom. The van der Waals surface area contributed by atoms with Crippen LogP contribution in [0.5, 0.6) is 5.75 Å². The number of amides is 2. The molecule has 3 N–H and O–H groups in total. The fraction of sp³-hybridized carbons (Fsp3) is 0.345. The van der Waals surface area contributed by atoms with Crippen molar-refractivity contribution in [2.45, 2.75) is 45.2 Å². The van der Waals surface area contributed by atoms with Crippen LogP contribution in [0.4, 0.5) is 5.69 Å². The van der Waals surface area contributed by atoms with E-state index in [9.17, 15) is 18.0 Å². The van der Waals surface area contributed by atoms with Crippen molar-refractivity contribution >= 4 is 27.5 Å². The van der Waals surface area contributed by atoms with Gasteiger partial charge >= 0.3 is 0 Å². The van der Waals surface area contributed by atoms with E-state index < -0.39 is 33.9 Å². The Morgan fingerprint density at radius 2 is 1.67 bits per heavy atom. The van der Waals surface area contributed by atoms with E-state index in [1.165, 1.54) is 13.3 Å². The summed E-state index contributed by atoms with van der Waals surface area (Å²) in [4.78, 5) is 30.1. The van der Waals surface area contributed by atoms with E-state index in [0.29, 0.717) is 36.3 Å². The minimum absolute atomic E-state index is 0.109. The molecule has 2 atom stereocenters. The number of sulfonamides is 1. The molecule has 2 amide bonds. The summed E-state index contributed by atoms with van der Waals surface area (Å²) in [5, 5.41) is 5.69. The van der Waals surface area contributed by atoms with Gasteiger partial charge in [-0.3, -0.25) is 19.3 Å². The first-order valence-corrected chi connectivity index (χ1v) is 14.5. The van der Waals surface area contributed by atoms with E-state index in [1.807, 2.05) is 44.2 Å². The topological polar surface area (TPSA) is 126 Å². The van der Waals surface area contributed by atoms with Crippen LogP contribution in [0.15, 0.2) is 79.1 Å². The zero-order chi connectivity index (χ0) is 28.3. The van der Waals surface area contributed by atoms with Gasteiger partial charge in [0, 0.05) is 24.1 Å². The summed E-state index contributed by atoms with van der Waals surface area (Å²) in [5.41, 5.74) is 1.76. The van der Waals surface area contributed by atoms with Gasteiger partial charge in [0.25, 0.3) is 5.91 Å². The molecule has 10 heteroatoms. The van der Waals surface area contributed by atoms with Crippen molar-refractivity contribution in [2.24, 2.45) is 5.92 Å². The van der Waals surface area contributed by atoms with Crippen molar-refractivity contribution in [3.63, 3.8) is 0 Å². The highest BCUT2D eigenvalue weighted by molar-refractivity contribution is 7.92. The summed E-state index contributed by atoms with van der Waals surface area (Å²) in [6.45, 7) is 3.90. The number of rotatable bonds is 14. The standard InChI is InChI=1S/C29H36N4O5S/c1-21(2)18-27(32-28(34)23-10-7-17-30-19-23)29(35)31-25(12-11-22-8-5-4-6-9-22)20-39(36,37)33-24-13-15-26(38-3)16-14-24/h4-10,13-17,19,21,25,27,33H,11-12,18,20H2,1-3H3,(H,31,35)(H,32,34)/t25-,27-/m0/s1. The van der Waals surface area contributed by atoms with Gasteiger partial charge in [-0.05, 0) is 67.1 Å². The van der Waals surface area contributed by atoms with Crippen molar-refractivity contribution in [2.75, 3.05) is 17.6 Å². The van der Waals surface area contributed by atoms with E-state index in [-0.39, 0.29) is 11.7 Å². The number of benzene rings is 2. The number of ether oxygens (including phenoxy) is 1. The number of hydrogen-bond acceptors (Lipinski definition) is 6. The number of methoxy groups -OCH3 is 1. The number of aryl methyl sites for hydroxylation is 1. The summed E-state index contributed by atoms with van der Waals surface area (Å²) in [7, 11) is -2.29. The maximum Gasteiger partial charge on any atom is 0.253 e. The molecule has 0 aliphatic carbocycles. The molecule has 0 aliphatic heterocycles. The molecular weight excluding hydrogens is 516 g/mol. The zero-order valence-corrected chi connectivity index (χ0v) is 23.3. The zero-order valence-electron chi connectivity index (χ0n) is 22.5. The van der Waals surface area contributed by atoms with Crippen LogP contribution >= 0.6 is 0 Å². The van der Waals surface area contributed by atoms with Gasteiger partial charge in [-0.1, -0.05) is 44.2 Å². The van der Waals surface area contributed by atoms with Crippen LogP contribution in [-0.2, 0) is 21.2 Å². The number of nitrogens with zero attached hydrogens (tertiary/aromatic N) is 1. The van der Waals surface area contributed by atoms with E-state index in [4.69, 9.17) is 4.74 Å². The van der Waals surface area contributed by atoms with E-state index in [1.54, 1.807) is 42.6 Å². The van der Waals surface area contributed by atoms with Crippen molar-refractivity contribution in [3.8, 4) is 5.75 Å². The number of anilines is 1. The van der Waals surface area contributed by atoms with Crippen LogP contribution in [-0.4, -0.2) is 50.2 Å². The van der Waals surface area contributed by atoms with E-state index >= 15 is 0 Å². The Hall–Kier alpha value is -3.92. The van der Waals surface area contributed by atoms with Gasteiger partial charge in [-0.25, -0.2) is 8.42 Å². The predicted molar refractivity (Wildman–Crippen MR) is 152 cm³/mol. The van der Waals surface area contributed by atoms with Gasteiger partial charge in [0.1, 0.15) is 11.8 Å². The van der Waals surface area contributed by atoms with Crippen molar-refractivity contribution in [1.29, 1.82) is 0 Å². The second-order valence-corrected chi connectivity index (χ2v) is 11.5. The van der Waals surface area contributed by atoms with Crippen LogP contribution in [0.1, 0.15) is 42.6 Å². The van der Waals surface area contributed by atoms with Crippen LogP contribution in [0.2, 0.25) is 0 Å². The largest absolute Gasteiger partial charge is 0.497 e. The molecule has 208 valence electrons. The lowest BCUT2D eigenvalue weighted by Gasteiger charge is -2.25. The van der Waals surface area contributed by atoms with Crippen molar-refractivity contribution < 1.29 is 22.7 Å². The third-order valence-corrected chi connectivity index (χ3v) is 7.40. The first-order valence-electron chi connectivity index (χ1n) is 12.8. The molecule has 1 aromatic heterocycles. The summed E-state index contributed by atoms with van der Waals surface area (Å²) in [6, 6.07) is 17.9.